The third kappa shape index (κ3) is 3.08. The van der Waals surface area contributed by atoms with Gasteiger partial charge in [0.05, 0.1) is 12.0 Å². The zero-order chi connectivity index (χ0) is 14.0. The van der Waals surface area contributed by atoms with Crippen LogP contribution in [0.15, 0.2) is 0 Å². The van der Waals surface area contributed by atoms with Crippen molar-refractivity contribution in [2.24, 2.45) is 17.8 Å². The Bertz CT molecular complexity index is 357. The molecule has 19 heavy (non-hydrogen) atoms. The highest BCUT2D eigenvalue weighted by atomic mass is 16.5. The van der Waals surface area contributed by atoms with Crippen LogP contribution in [-0.2, 0) is 14.3 Å². The highest BCUT2D eigenvalue weighted by molar-refractivity contribution is 5.81. The van der Waals surface area contributed by atoms with Gasteiger partial charge >= 0.3 is 5.97 Å². The van der Waals surface area contributed by atoms with Gasteiger partial charge in [-0.25, -0.2) is 0 Å². The Morgan fingerprint density at radius 1 is 1.21 bits per heavy atom. The molecule has 4 atom stereocenters. The Kier molecular flexibility index (Phi) is 4.45. The van der Waals surface area contributed by atoms with E-state index in [2.05, 4.69) is 6.92 Å². The molecule has 2 aliphatic rings. The minimum Gasteiger partial charge on any atom is -0.481 e. The normalized spacial score (nSPS) is 35.4. The summed E-state index contributed by atoms with van der Waals surface area (Å²) >= 11 is 0. The number of aliphatic carboxylic acids is 1. The second kappa shape index (κ2) is 5.90. The van der Waals surface area contributed by atoms with Crippen LogP contribution in [0.3, 0.4) is 0 Å². The van der Waals surface area contributed by atoms with E-state index in [1.54, 1.807) is 7.11 Å². The van der Waals surface area contributed by atoms with Crippen LogP contribution in [0.2, 0.25) is 0 Å². The second-order valence-corrected chi connectivity index (χ2v) is 5.87. The summed E-state index contributed by atoms with van der Waals surface area (Å²) in [5, 5.41) is 8.99. The molecule has 0 aromatic heterocycles. The molecule has 1 amide bonds. The average molecular weight is 269 g/mol. The van der Waals surface area contributed by atoms with E-state index in [0.29, 0.717) is 31.7 Å². The van der Waals surface area contributed by atoms with Crippen molar-refractivity contribution in [3.05, 3.63) is 0 Å². The number of piperidine rings is 1. The SMILES string of the molecule is COC1CN(C(=O)[C@@H]2CC[C@H](C(=O)O)C2)CCC1C. The summed E-state index contributed by atoms with van der Waals surface area (Å²) in [5.41, 5.74) is 0. The molecule has 1 aliphatic carbocycles. The van der Waals surface area contributed by atoms with Gasteiger partial charge in [-0.3, -0.25) is 9.59 Å². The maximum Gasteiger partial charge on any atom is 0.306 e. The lowest BCUT2D eigenvalue weighted by atomic mass is 9.94. The maximum absolute atomic E-state index is 12.4. The number of carbonyl (C=O) groups is 2. The molecule has 0 bridgehead atoms. The first-order valence-electron chi connectivity index (χ1n) is 7.07. The molecule has 0 aromatic rings. The van der Waals surface area contributed by atoms with E-state index in [9.17, 15) is 9.59 Å². The monoisotopic (exact) mass is 269 g/mol. The molecule has 1 saturated heterocycles. The minimum absolute atomic E-state index is 0.105. The summed E-state index contributed by atoms with van der Waals surface area (Å²) in [6.07, 6.45) is 2.90. The van der Waals surface area contributed by atoms with Gasteiger partial charge in [0.25, 0.3) is 0 Å². The molecule has 1 saturated carbocycles. The fourth-order valence-electron chi connectivity index (χ4n) is 3.23. The Morgan fingerprint density at radius 2 is 1.89 bits per heavy atom. The fourth-order valence-corrected chi connectivity index (χ4v) is 3.23. The number of amides is 1. The Morgan fingerprint density at radius 3 is 2.47 bits per heavy atom. The number of carboxylic acids is 1. The number of ether oxygens (including phenoxy) is 1. The first-order chi connectivity index (χ1) is 9.02. The topological polar surface area (TPSA) is 66.8 Å². The van der Waals surface area contributed by atoms with Crippen molar-refractivity contribution in [1.82, 2.24) is 4.90 Å². The van der Waals surface area contributed by atoms with E-state index >= 15 is 0 Å². The molecule has 0 radical (unpaired) electrons. The van der Waals surface area contributed by atoms with Crippen molar-refractivity contribution in [2.45, 2.75) is 38.7 Å². The number of hydrogen-bond donors (Lipinski definition) is 1. The van der Waals surface area contributed by atoms with Gasteiger partial charge in [-0.1, -0.05) is 6.92 Å². The van der Waals surface area contributed by atoms with Gasteiger partial charge in [0.1, 0.15) is 0 Å². The molecule has 1 N–H and O–H groups in total. The van der Waals surface area contributed by atoms with Gasteiger partial charge in [0.2, 0.25) is 5.91 Å². The van der Waals surface area contributed by atoms with Gasteiger partial charge in [-0.15, -0.1) is 0 Å². The van der Waals surface area contributed by atoms with Gasteiger partial charge in [0, 0.05) is 26.1 Å². The van der Waals surface area contributed by atoms with Crippen molar-refractivity contribution in [3.63, 3.8) is 0 Å². The van der Waals surface area contributed by atoms with E-state index in [4.69, 9.17) is 9.84 Å². The molecular weight excluding hydrogens is 246 g/mol. The summed E-state index contributed by atoms with van der Waals surface area (Å²) in [6.45, 7) is 3.56. The number of rotatable bonds is 3. The standard InChI is InChI=1S/C14H23NO4/c1-9-5-6-15(8-12(9)19-2)13(16)10-3-4-11(7-10)14(17)18/h9-12H,3-8H2,1-2H3,(H,17,18)/t9?,10-,11+,12?/m1/s1. The second-order valence-electron chi connectivity index (χ2n) is 5.87. The van der Waals surface area contributed by atoms with Crippen LogP contribution in [-0.4, -0.2) is 48.2 Å². The number of methoxy groups -OCH3 is 1. The summed E-state index contributed by atoms with van der Waals surface area (Å²) in [4.78, 5) is 25.2. The lowest BCUT2D eigenvalue weighted by Crippen LogP contribution is -2.48. The third-order valence-corrected chi connectivity index (χ3v) is 4.63. The van der Waals surface area contributed by atoms with Crippen LogP contribution >= 0.6 is 0 Å². The molecule has 0 spiro atoms. The van der Waals surface area contributed by atoms with Gasteiger partial charge in [0.15, 0.2) is 0 Å². The zero-order valence-electron chi connectivity index (χ0n) is 11.7. The van der Waals surface area contributed by atoms with E-state index < -0.39 is 5.97 Å². The minimum atomic E-state index is -0.766. The molecule has 2 fully saturated rings. The van der Waals surface area contributed by atoms with Crippen molar-refractivity contribution in [2.75, 3.05) is 20.2 Å². The lowest BCUT2D eigenvalue weighted by Gasteiger charge is -2.37. The largest absolute Gasteiger partial charge is 0.481 e. The first kappa shape index (κ1) is 14.3. The van der Waals surface area contributed by atoms with Crippen molar-refractivity contribution >= 4 is 11.9 Å². The van der Waals surface area contributed by atoms with Crippen LogP contribution in [0.1, 0.15) is 32.6 Å². The average Bonchev–Trinajstić information content (AvgIpc) is 2.88. The van der Waals surface area contributed by atoms with Gasteiger partial charge < -0.3 is 14.7 Å². The van der Waals surface area contributed by atoms with Crippen LogP contribution in [0.4, 0.5) is 0 Å². The summed E-state index contributed by atoms with van der Waals surface area (Å²) < 4.78 is 5.42. The van der Waals surface area contributed by atoms with Crippen LogP contribution in [0.25, 0.3) is 0 Å². The molecule has 108 valence electrons. The Labute approximate surface area is 113 Å². The van der Waals surface area contributed by atoms with Crippen molar-refractivity contribution in [3.8, 4) is 0 Å². The molecule has 5 nitrogen and oxygen atoms in total. The molecule has 5 heteroatoms. The quantitative estimate of drug-likeness (QED) is 0.840. The van der Waals surface area contributed by atoms with E-state index in [-0.39, 0.29) is 23.8 Å². The lowest BCUT2D eigenvalue weighted by molar-refractivity contribution is -0.142. The third-order valence-electron chi connectivity index (χ3n) is 4.63. The van der Waals surface area contributed by atoms with Crippen LogP contribution in [0.5, 0.6) is 0 Å². The van der Waals surface area contributed by atoms with E-state index in [0.717, 1.165) is 13.0 Å². The smallest absolute Gasteiger partial charge is 0.306 e. The molecule has 1 heterocycles. The highest BCUT2D eigenvalue weighted by Gasteiger charge is 2.38. The summed E-state index contributed by atoms with van der Waals surface area (Å²) in [5.74, 6) is -0.609. The number of nitrogens with zero attached hydrogens (tertiary/aromatic N) is 1. The molecule has 2 rings (SSSR count). The fraction of sp³-hybridized carbons (Fsp3) is 0.857. The summed E-state index contributed by atoms with van der Waals surface area (Å²) in [6, 6.07) is 0. The number of carbonyl (C=O) groups excluding carboxylic acids is 1. The first-order valence-corrected chi connectivity index (χ1v) is 7.07. The predicted molar refractivity (Wildman–Crippen MR) is 69.6 cm³/mol. The van der Waals surface area contributed by atoms with Gasteiger partial charge in [-0.2, -0.15) is 0 Å². The van der Waals surface area contributed by atoms with E-state index in [1.165, 1.54) is 0 Å². The molecular formula is C14H23NO4. The van der Waals surface area contributed by atoms with Crippen molar-refractivity contribution < 1.29 is 19.4 Å². The number of hydrogen-bond acceptors (Lipinski definition) is 3. The molecule has 2 unspecified atom stereocenters. The zero-order valence-corrected chi connectivity index (χ0v) is 11.7. The van der Waals surface area contributed by atoms with Crippen LogP contribution in [0, 0.1) is 17.8 Å². The predicted octanol–water partition coefficient (Wildman–Crippen LogP) is 1.37. The van der Waals surface area contributed by atoms with E-state index in [1.807, 2.05) is 4.90 Å². The molecule has 1 aliphatic heterocycles. The van der Waals surface area contributed by atoms with Crippen LogP contribution < -0.4 is 0 Å². The Hall–Kier alpha value is -1.10. The van der Waals surface area contributed by atoms with Gasteiger partial charge in [-0.05, 0) is 31.6 Å². The number of carboxylic acid groups (broad SMARTS) is 1. The van der Waals surface area contributed by atoms with Crippen molar-refractivity contribution in [1.29, 1.82) is 0 Å². The summed E-state index contributed by atoms with van der Waals surface area (Å²) in [7, 11) is 1.69. The highest BCUT2D eigenvalue weighted by Crippen LogP contribution is 2.33. The molecule has 0 aromatic carbocycles. The Balaban J connectivity index is 1.92. The number of likely N-dealkylation sites (tertiary alicyclic amines) is 1. The maximum atomic E-state index is 12.4.